The van der Waals surface area contributed by atoms with Crippen LogP contribution < -0.4 is 0 Å². The van der Waals surface area contributed by atoms with E-state index in [0.717, 1.165) is 30.6 Å². The van der Waals surface area contributed by atoms with Crippen LogP contribution in [0, 0.1) is 5.92 Å². The number of fused-ring (bicyclic) bond motifs is 1. The van der Waals surface area contributed by atoms with E-state index in [4.69, 9.17) is 0 Å². The number of aromatic nitrogens is 3. The molecule has 0 aliphatic rings. The molecule has 3 nitrogen and oxygen atoms in total. The van der Waals surface area contributed by atoms with Crippen molar-refractivity contribution in [2.45, 2.75) is 40.2 Å². The largest absolute Gasteiger partial charge is 0.312 e. The number of nitrogens with zero attached hydrogens (tertiary/aromatic N) is 3. The van der Waals surface area contributed by atoms with Crippen LogP contribution in [0.25, 0.3) is 11.2 Å². The quantitative estimate of drug-likeness (QED) is 0.788. The molecule has 0 radical (unpaired) electrons. The highest BCUT2D eigenvalue weighted by atomic mass is 15.1. The summed E-state index contributed by atoms with van der Waals surface area (Å²) >= 11 is 0. The van der Waals surface area contributed by atoms with Gasteiger partial charge >= 0.3 is 0 Å². The Kier molecular flexibility index (Phi) is 3.22. The Labute approximate surface area is 96.5 Å². The minimum atomic E-state index is 0.620. The minimum absolute atomic E-state index is 0.620. The summed E-state index contributed by atoms with van der Waals surface area (Å²) < 4.78 is 2.27. The van der Waals surface area contributed by atoms with Gasteiger partial charge in [0.2, 0.25) is 0 Å². The maximum atomic E-state index is 4.66. The van der Waals surface area contributed by atoms with Crippen LogP contribution >= 0.6 is 0 Å². The summed E-state index contributed by atoms with van der Waals surface area (Å²) in [5, 5.41) is 0. The summed E-state index contributed by atoms with van der Waals surface area (Å²) in [5.41, 5.74) is 2.05. The second kappa shape index (κ2) is 4.64. The van der Waals surface area contributed by atoms with Gasteiger partial charge in [-0.05, 0) is 24.5 Å². The van der Waals surface area contributed by atoms with E-state index in [1.807, 2.05) is 18.3 Å². The van der Waals surface area contributed by atoms with Gasteiger partial charge in [0.15, 0.2) is 5.65 Å². The molecule has 2 rings (SSSR count). The van der Waals surface area contributed by atoms with Gasteiger partial charge in [0.05, 0.1) is 0 Å². The topological polar surface area (TPSA) is 30.7 Å². The van der Waals surface area contributed by atoms with E-state index in [1.54, 1.807) is 0 Å². The smallest absolute Gasteiger partial charge is 0.159 e. The van der Waals surface area contributed by atoms with Crippen LogP contribution in [0.2, 0.25) is 0 Å². The third kappa shape index (κ3) is 2.08. The molecule has 16 heavy (non-hydrogen) atoms. The lowest BCUT2D eigenvalue weighted by Gasteiger charge is -2.10. The highest BCUT2D eigenvalue weighted by Gasteiger charge is 2.11. The van der Waals surface area contributed by atoms with Crippen molar-refractivity contribution in [2.75, 3.05) is 0 Å². The van der Waals surface area contributed by atoms with Crippen molar-refractivity contribution >= 4 is 11.2 Å². The molecule has 0 N–H and O–H groups in total. The third-order valence-corrected chi connectivity index (χ3v) is 2.60. The van der Waals surface area contributed by atoms with E-state index >= 15 is 0 Å². The summed E-state index contributed by atoms with van der Waals surface area (Å²) in [5.74, 6) is 1.79. The minimum Gasteiger partial charge on any atom is -0.312 e. The Bertz CT molecular complexity index is 471. The van der Waals surface area contributed by atoms with E-state index in [-0.39, 0.29) is 0 Å². The molecule has 0 atom stereocenters. The normalized spacial score (nSPS) is 11.5. The van der Waals surface area contributed by atoms with Gasteiger partial charge in [-0.25, -0.2) is 9.97 Å². The van der Waals surface area contributed by atoms with Gasteiger partial charge in [-0.3, -0.25) is 0 Å². The van der Waals surface area contributed by atoms with Crippen molar-refractivity contribution in [3.05, 3.63) is 24.2 Å². The third-order valence-electron chi connectivity index (χ3n) is 2.60. The summed E-state index contributed by atoms with van der Waals surface area (Å²) in [6, 6.07) is 3.99. The molecule has 0 unspecified atom stereocenters. The van der Waals surface area contributed by atoms with Gasteiger partial charge < -0.3 is 4.57 Å². The Morgan fingerprint density at radius 3 is 2.88 bits per heavy atom. The first kappa shape index (κ1) is 11.1. The maximum Gasteiger partial charge on any atom is 0.159 e. The second-order valence-electron chi connectivity index (χ2n) is 4.63. The molecule has 2 heterocycles. The lowest BCUT2D eigenvalue weighted by molar-refractivity contribution is 0.513. The molecule has 0 aliphatic carbocycles. The molecule has 0 aromatic carbocycles. The summed E-state index contributed by atoms with van der Waals surface area (Å²) in [7, 11) is 0. The summed E-state index contributed by atoms with van der Waals surface area (Å²) in [6.07, 6.45) is 4.00. The zero-order valence-corrected chi connectivity index (χ0v) is 10.3. The molecule has 2 aromatic rings. The van der Waals surface area contributed by atoms with Crippen molar-refractivity contribution in [3.8, 4) is 0 Å². The van der Waals surface area contributed by atoms with Crippen LogP contribution in [0.3, 0.4) is 0 Å². The summed E-state index contributed by atoms with van der Waals surface area (Å²) in [6.45, 7) is 7.64. The second-order valence-corrected chi connectivity index (χ2v) is 4.63. The van der Waals surface area contributed by atoms with Crippen LogP contribution in [-0.4, -0.2) is 14.5 Å². The molecule has 0 saturated heterocycles. The molecule has 0 fully saturated rings. The first-order valence-electron chi connectivity index (χ1n) is 6.02. The monoisotopic (exact) mass is 217 g/mol. The molecule has 0 spiro atoms. The molecule has 0 saturated carbocycles. The van der Waals surface area contributed by atoms with Gasteiger partial charge in [-0.2, -0.15) is 0 Å². The van der Waals surface area contributed by atoms with E-state index in [0.29, 0.717) is 5.92 Å². The van der Waals surface area contributed by atoms with E-state index in [1.165, 1.54) is 5.82 Å². The molecular weight excluding hydrogens is 198 g/mol. The first-order chi connectivity index (χ1) is 7.72. The van der Waals surface area contributed by atoms with E-state index in [9.17, 15) is 0 Å². The standard InChI is InChI=1S/C13H19N3/c1-4-6-12-15-11-7-5-8-14-13(11)16(12)9-10(2)3/h5,7-8,10H,4,6,9H2,1-3H3. The average molecular weight is 217 g/mol. The first-order valence-corrected chi connectivity index (χ1v) is 6.02. The number of hydrogen-bond acceptors (Lipinski definition) is 2. The lowest BCUT2D eigenvalue weighted by Crippen LogP contribution is -2.09. The van der Waals surface area contributed by atoms with E-state index in [2.05, 4.69) is 35.3 Å². The molecule has 0 amide bonds. The SMILES string of the molecule is CCCc1nc2cccnc2n1CC(C)C. The molecular formula is C13H19N3. The van der Waals surface area contributed by atoms with Crippen molar-refractivity contribution in [3.63, 3.8) is 0 Å². The number of pyridine rings is 1. The molecule has 2 aromatic heterocycles. The Morgan fingerprint density at radius 2 is 2.19 bits per heavy atom. The van der Waals surface area contributed by atoms with Crippen LogP contribution in [0.4, 0.5) is 0 Å². The highest BCUT2D eigenvalue weighted by molar-refractivity contribution is 5.71. The van der Waals surface area contributed by atoms with Crippen molar-refractivity contribution in [2.24, 2.45) is 5.92 Å². The maximum absolute atomic E-state index is 4.66. The molecule has 86 valence electrons. The zero-order chi connectivity index (χ0) is 11.5. The molecule has 0 bridgehead atoms. The fourth-order valence-electron chi connectivity index (χ4n) is 1.98. The van der Waals surface area contributed by atoms with Crippen LogP contribution in [0.15, 0.2) is 18.3 Å². The van der Waals surface area contributed by atoms with Gasteiger partial charge in [0.25, 0.3) is 0 Å². The fourth-order valence-corrected chi connectivity index (χ4v) is 1.98. The van der Waals surface area contributed by atoms with Crippen LogP contribution in [0.1, 0.15) is 33.0 Å². The fraction of sp³-hybridized carbons (Fsp3) is 0.538. The number of imidazole rings is 1. The van der Waals surface area contributed by atoms with Gasteiger partial charge in [-0.15, -0.1) is 0 Å². The zero-order valence-electron chi connectivity index (χ0n) is 10.3. The van der Waals surface area contributed by atoms with E-state index < -0.39 is 0 Å². The predicted molar refractivity (Wildman–Crippen MR) is 66.4 cm³/mol. The van der Waals surface area contributed by atoms with Crippen LogP contribution in [-0.2, 0) is 13.0 Å². The van der Waals surface area contributed by atoms with Gasteiger partial charge in [-0.1, -0.05) is 20.8 Å². The predicted octanol–water partition coefficient (Wildman–Crippen LogP) is 3.04. The van der Waals surface area contributed by atoms with Crippen molar-refractivity contribution in [1.82, 2.24) is 14.5 Å². The number of hydrogen-bond donors (Lipinski definition) is 0. The van der Waals surface area contributed by atoms with Gasteiger partial charge in [0, 0.05) is 19.2 Å². The molecule has 3 heteroatoms. The van der Waals surface area contributed by atoms with Crippen molar-refractivity contribution < 1.29 is 0 Å². The number of rotatable bonds is 4. The Balaban J connectivity index is 2.50. The van der Waals surface area contributed by atoms with Crippen molar-refractivity contribution in [1.29, 1.82) is 0 Å². The van der Waals surface area contributed by atoms with Gasteiger partial charge in [0.1, 0.15) is 11.3 Å². The average Bonchev–Trinajstić information content (AvgIpc) is 2.57. The Hall–Kier alpha value is -1.38. The Morgan fingerprint density at radius 1 is 1.38 bits per heavy atom. The lowest BCUT2D eigenvalue weighted by atomic mass is 10.2. The highest BCUT2D eigenvalue weighted by Crippen LogP contribution is 2.16. The van der Waals surface area contributed by atoms with Crippen LogP contribution in [0.5, 0.6) is 0 Å². The summed E-state index contributed by atoms with van der Waals surface area (Å²) in [4.78, 5) is 9.09. The molecule has 0 aliphatic heterocycles. The number of aryl methyl sites for hydroxylation is 1.